The van der Waals surface area contributed by atoms with Crippen molar-refractivity contribution in [2.45, 2.75) is 77.2 Å². The Morgan fingerprint density at radius 3 is 2.49 bits per heavy atom. The lowest BCUT2D eigenvalue weighted by atomic mass is 9.78. The number of pyridine rings is 1. The van der Waals surface area contributed by atoms with E-state index in [4.69, 9.17) is 9.97 Å². The molecule has 0 spiro atoms. The van der Waals surface area contributed by atoms with E-state index >= 15 is 0 Å². The van der Waals surface area contributed by atoms with Crippen molar-refractivity contribution in [1.29, 1.82) is 0 Å². The number of carbonyl (C=O) groups excluding carboxylic acids is 1. The average Bonchev–Trinajstić information content (AvgIpc) is 3.33. The number of rotatable bonds is 8. The van der Waals surface area contributed by atoms with Crippen LogP contribution >= 0.6 is 0 Å². The van der Waals surface area contributed by atoms with Crippen LogP contribution in [-0.2, 0) is 23.2 Å². The molecule has 2 atom stereocenters. The first-order valence-corrected chi connectivity index (χ1v) is 13.9. The number of carboxylic acid groups (broad SMARTS) is 1. The van der Waals surface area contributed by atoms with Crippen LogP contribution in [-0.4, -0.2) is 46.9 Å². The molecule has 11 heteroatoms. The molecule has 3 aromatic heterocycles. The summed E-state index contributed by atoms with van der Waals surface area (Å²) in [4.78, 5) is 38.5. The summed E-state index contributed by atoms with van der Waals surface area (Å²) in [5, 5.41) is 24.3. The number of aliphatic carboxylic acids is 1. The predicted octanol–water partition coefficient (Wildman–Crippen LogP) is 4.46. The Hall–Kier alpha value is -3.89. The number of amides is 1. The molecule has 5 rings (SSSR count). The third kappa shape index (κ3) is 6.07. The molecule has 3 heterocycles. The Balaban J connectivity index is 1.28. The quantitative estimate of drug-likeness (QED) is 0.382. The van der Waals surface area contributed by atoms with Crippen molar-refractivity contribution in [3.05, 3.63) is 41.5 Å². The van der Waals surface area contributed by atoms with Crippen molar-refractivity contribution in [3.8, 4) is 11.4 Å². The minimum atomic E-state index is -0.907. The lowest BCUT2D eigenvalue weighted by molar-refractivity contribution is -0.147. The molecule has 2 aliphatic rings. The van der Waals surface area contributed by atoms with Crippen LogP contribution in [0.1, 0.15) is 80.8 Å². The molecule has 1 amide bonds. The number of carbonyl (C=O) groups is 2. The van der Waals surface area contributed by atoms with Gasteiger partial charge in [0.1, 0.15) is 5.69 Å². The van der Waals surface area contributed by atoms with Gasteiger partial charge in [0.25, 0.3) is 0 Å². The third-order valence-corrected chi connectivity index (χ3v) is 8.06. The van der Waals surface area contributed by atoms with Crippen LogP contribution in [0.4, 0.5) is 11.6 Å². The highest BCUT2D eigenvalue weighted by molar-refractivity contribution is 5.95. The van der Waals surface area contributed by atoms with E-state index in [1.54, 1.807) is 16.8 Å². The normalized spacial score (nSPS) is 19.9. The smallest absolute Gasteiger partial charge is 0.307 e. The summed E-state index contributed by atoms with van der Waals surface area (Å²) in [6, 6.07) is 5.60. The number of anilines is 2. The number of carboxylic acids is 1. The van der Waals surface area contributed by atoms with Gasteiger partial charge < -0.3 is 15.7 Å². The minimum absolute atomic E-state index is 0.264. The summed E-state index contributed by atoms with van der Waals surface area (Å²) in [6.07, 6.45) is 10.8. The van der Waals surface area contributed by atoms with Gasteiger partial charge in [0.15, 0.2) is 0 Å². The molecule has 0 aliphatic heterocycles. The number of nitrogens with zero attached hydrogens (tertiary/aromatic N) is 6. The summed E-state index contributed by atoms with van der Waals surface area (Å²) in [5.74, 6) is -1.28. The molecular weight excluding hydrogens is 496 g/mol. The number of aryl methyl sites for hydroxylation is 2. The van der Waals surface area contributed by atoms with Gasteiger partial charge >= 0.3 is 5.97 Å². The summed E-state index contributed by atoms with van der Waals surface area (Å²) in [5.41, 5.74) is 4.37. The molecule has 11 nitrogen and oxygen atoms in total. The maximum Gasteiger partial charge on any atom is 0.307 e. The van der Waals surface area contributed by atoms with Crippen molar-refractivity contribution < 1.29 is 14.7 Å². The van der Waals surface area contributed by atoms with E-state index in [-0.39, 0.29) is 5.91 Å². The van der Waals surface area contributed by atoms with Crippen LogP contribution in [0.15, 0.2) is 24.4 Å². The fourth-order valence-corrected chi connectivity index (χ4v) is 5.81. The first-order valence-electron chi connectivity index (χ1n) is 13.9. The Labute approximate surface area is 227 Å². The Morgan fingerprint density at radius 2 is 1.74 bits per heavy atom. The largest absolute Gasteiger partial charge is 0.481 e. The zero-order chi connectivity index (χ0) is 27.4. The van der Waals surface area contributed by atoms with Gasteiger partial charge in [-0.1, -0.05) is 37.3 Å². The molecule has 0 aromatic carbocycles. The van der Waals surface area contributed by atoms with E-state index in [2.05, 4.69) is 25.9 Å². The minimum Gasteiger partial charge on any atom is -0.481 e. The van der Waals surface area contributed by atoms with Crippen LogP contribution in [0.2, 0.25) is 0 Å². The van der Waals surface area contributed by atoms with Crippen molar-refractivity contribution in [3.63, 3.8) is 0 Å². The van der Waals surface area contributed by atoms with Gasteiger partial charge in [0.05, 0.1) is 41.1 Å². The second kappa shape index (κ2) is 11.9. The molecule has 39 heavy (non-hydrogen) atoms. The van der Waals surface area contributed by atoms with Gasteiger partial charge in [-0.3, -0.25) is 9.59 Å². The van der Waals surface area contributed by atoms with Gasteiger partial charge in [0.2, 0.25) is 11.9 Å². The Morgan fingerprint density at radius 1 is 1.00 bits per heavy atom. The average molecular weight is 533 g/mol. The van der Waals surface area contributed by atoms with Crippen LogP contribution in [0.5, 0.6) is 0 Å². The van der Waals surface area contributed by atoms with E-state index in [1.807, 2.05) is 26.2 Å². The number of hydrogen-bond acceptors (Lipinski definition) is 8. The van der Waals surface area contributed by atoms with Gasteiger partial charge in [0, 0.05) is 24.9 Å². The summed E-state index contributed by atoms with van der Waals surface area (Å²) < 4.78 is 1.70. The highest BCUT2D eigenvalue weighted by atomic mass is 16.4. The molecule has 0 radical (unpaired) electrons. The predicted molar refractivity (Wildman–Crippen MR) is 146 cm³/mol. The van der Waals surface area contributed by atoms with Gasteiger partial charge in [-0.2, -0.15) is 0 Å². The van der Waals surface area contributed by atoms with Crippen LogP contribution in [0, 0.1) is 18.8 Å². The van der Waals surface area contributed by atoms with Crippen molar-refractivity contribution in [1.82, 2.24) is 29.9 Å². The van der Waals surface area contributed by atoms with E-state index in [1.165, 1.54) is 32.1 Å². The Bertz CT molecular complexity index is 1330. The van der Waals surface area contributed by atoms with E-state index in [0.29, 0.717) is 54.0 Å². The number of nitrogens with one attached hydrogen (secondary N) is 2. The van der Waals surface area contributed by atoms with E-state index in [9.17, 15) is 14.7 Å². The molecule has 0 bridgehead atoms. The van der Waals surface area contributed by atoms with Gasteiger partial charge in [-0.25, -0.2) is 19.6 Å². The molecule has 2 fully saturated rings. The topological polar surface area (TPSA) is 148 Å². The highest BCUT2D eigenvalue weighted by Gasteiger charge is 2.36. The molecule has 3 N–H and O–H groups in total. The summed E-state index contributed by atoms with van der Waals surface area (Å²) in [6.45, 7) is 2.23. The standard InChI is InChI=1S/C28H36N8O3/c1-17-21(32-26(37)19-10-6-7-11-20(19)27(38)39)12-13-23(31-17)25-24(36(2)35-34-25)16-30-28-29-15-14-22(33-28)18-8-4-3-5-9-18/h12-15,18-20H,3-11,16H2,1-2H3,(H,32,37)(H,38,39)(H,29,30,33). The molecule has 2 unspecified atom stereocenters. The molecule has 2 saturated carbocycles. The Kier molecular flexibility index (Phi) is 8.13. The molecule has 0 saturated heterocycles. The SMILES string of the molecule is Cc1nc(-c2nnn(C)c2CNc2nccc(C3CCCCC3)n2)ccc1NC(=O)C1CCCCC1C(=O)O. The number of hydrogen-bond donors (Lipinski definition) is 3. The summed E-state index contributed by atoms with van der Waals surface area (Å²) >= 11 is 0. The van der Waals surface area contributed by atoms with Crippen molar-refractivity contribution in [2.24, 2.45) is 18.9 Å². The second-order valence-corrected chi connectivity index (χ2v) is 10.7. The van der Waals surface area contributed by atoms with Gasteiger partial charge in [-0.05, 0) is 50.8 Å². The first kappa shape index (κ1) is 26.7. The second-order valence-electron chi connectivity index (χ2n) is 10.7. The van der Waals surface area contributed by atoms with Crippen LogP contribution < -0.4 is 10.6 Å². The lowest BCUT2D eigenvalue weighted by Gasteiger charge is -2.27. The van der Waals surface area contributed by atoms with Gasteiger partial charge in [-0.15, -0.1) is 5.10 Å². The lowest BCUT2D eigenvalue weighted by Crippen LogP contribution is -2.36. The molecule has 2 aliphatic carbocycles. The van der Waals surface area contributed by atoms with Crippen LogP contribution in [0.25, 0.3) is 11.4 Å². The fourth-order valence-electron chi connectivity index (χ4n) is 5.81. The monoisotopic (exact) mass is 532 g/mol. The van der Waals surface area contributed by atoms with Crippen molar-refractivity contribution >= 4 is 23.5 Å². The summed E-state index contributed by atoms with van der Waals surface area (Å²) in [7, 11) is 1.83. The van der Waals surface area contributed by atoms with Crippen LogP contribution in [0.3, 0.4) is 0 Å². The molecule has 206 valence electrons. The zero-order valence-electron chi connectivity index (χ0n) is 22.6. The number of aromatic nitrogens is 6. The van der Waals surface area contributed by atoms with E-state index < -0.39 is 17.8 Å². The maximum atomic E-state index is 12.9. The van der Waals surface area contributed by atoms with Crippen molar-refractivity contribution in [2.75, 3.05) is 10.6 Å². The maximum absolute atomic E-state index is 12.9. The molecule has 3 aromatic rings. The fraction of sp³-hybridized carbons (Fsp3) is 0.536. The molecular formula is C28H36N8O3. The first-order chi connectivity index (χ1) is 18.9. The van der Waals surface area contributed by atoms with E-state index in [0.717, 1.165) is 24.2 Å². The third-order valence-electron chi connectivity index (χ3n) is 8.06. The zero-order valence-corrected chi connectivity index (χ0v) is 22.6. The highest BCUT2D eigenvalue weighted by Crippen LogP contribution is 2.33.